The van der Waals surface area contributed by atoms with Crippen molar-refractivity contribution in [3.8, 4) is 0 Å². The molecule has 0 saturated carbocycles. The molecular weight excluding hydrogens is 236 g/mol. The fourth-order valence-electron chi connectivity index (χ4n) is 1.98. The van der Waals surface area contributed by atoms with Gasteiger partial charge in [-0.25, -0.2) is 0 Å². The number of methoxy groups -OCH3 is 2. The van der Waals surface area contributed by atoms with Crippen LogP contribution >= 0.6 is 0 Å². The van der Waals surface area contributed by atoms with Gasteiger partial charge in [0.05, 0.1) is 12.5 Å². The lowest BCUT2D eigenvalue weighted by Gasteiger charge is -2.29. The van der Waals surface area contributed by atoms with E-state index in [1.165, 1.54) is 21.1 Å². The van der Waals surface area contributed by atoms with E-state index in [-0.39, 0.29) is 30.8 Å². The molecule has 0 saturated heterocycles. The number of hydrogen-bond acceptors (Lipinski definition) is 5. The first kappa shape index (κ1) is 16.8. The summed E-state index contributed by atoms with van der Waals surface area (Å²) in [6.45, 7) is 3.41. The zero-order valence-corrected chi connectivity index (χ0v) is 11.6. The van der Waals surface area contributed by atoms with Crippen LogP contribution in [-0.2, 0) is 23.9 Å². The highest BCUT2D eigenvalue weighted by molar-refractivity contribution is 6.06. The number of carbonyl (C=O) groups excluding carboxylic acids is 3. The molecule has 5 nitrogen and oxygen atoms in total. The quantitative estimate of drug-likeness (QED) is 0.463. The number of hydrogen-bond donors (Lipinski definition) is 0. The molecule has 0 heterocycles. The normalized spacial score (nSPS) is 13.8. The van der Waals surface area contributed by atoms with Gasteiger partial charge in [0.1, 0.15) is 11.6 Å². The van der Waals surface area contributed by atoms with Crippen molar-refractivity contribution in [2.75, 3.05) is 20.8 Å². The van der Waals surface area contributed by atoms with Crippen molar-refractivity contribution >= 4 is 17.5 Å². The molecule has 0 rings (SSSR count). The molecule has 0 radical (unpaired) electrons. The molecule has 1 unspecified atom stereocenters. The van der Waals surface area contributed by atoms with Crippen LogP contribution in [0.15, 0.2) is 0 Å². The van der Waals surface area contributed by atoms with Crippen molar-refractivity contribution in [3.05, 3.63) is 0 Å². The highest BCUT2D eigenvalue weighted by Crippen LogP contribution is 2.32. The van der Waals surface area contributed by atoms with Crippen LogP contribution in [0, 0.1) is 5.41 Å². The highest BCUT2D eigenvalue weighted by Gasteiger charge is 2.41. The topological polar surface area (TPSA) is 69.7 Å². The summed E-state index contributed by atoms with van der Waals surface area (Å²) in [5, 5.41) is 0. The Labute approximate surface area is 108 Å². The van der Waals surface area contributed by atoms with Crippen LogP contribution in [0.2, 0.25) is 0 Å². The number of ether oxygens (including phenoxy) is 2. The largest absolute Gasteiger partial charge is 0.469 e. The van der Waals surface area contributed by atoms with Crippen LogP contribution in [0.5, 0.6) is 0 Å². The van der Waals surface area contributed by atoms with Gasteiger partial charge in [-0.1, -0.05) is 6.92 Å². The number of rotatable bonds is 9. The molecule has 0 bridgehead atoms. The molecule has 18 heavy (non-hydrogen) atoms. The summed E-state index contributed by atoms with van der Waals surface area (Å²) in [7, 11) is 2.80. The van der Waals surface area contributed by atoms with Crippen LogP contribution in [0.3, 0.4) is 0 Å². The van der Waals surface area contributed by atoms with E-state index >= 15 is 0 Å². The maximum Gasteiger partial charge on any atom is 0.305 e. The Hall–Kier alpha value is -1.23. The molecule has 5 heteroatoms. The van der Waals surface area contributed by atoms with E-state index in [0.29, 0.717) is 13.0 Å². The van der Waals surface area contributed by atoms with E-state index in [1.807, 2.05) is 0 Å². The fourth-order valence-corrected chi connectivity index (χ4v) is 1.98. The smallest absolute Gasteiger partial charge is 0.305 e. The molecule has 0 aromatic heterocycles. The Morgan fingerprint density at radius 3 is 2.11 bits per heavy atom. The maximum absolute atomic E-state index is 12.1. The van der Waals surface area contributed by atoms with Gasteiger partial charge < -0.3 is 9.47 Å². The van der Waals surface area contributed by atoms with E-state index in [9.17, 15) is 14.4 Å². The minimum absolute atomic E-state index is 0.0610. The summed E-state index contributed by atoms with van der Waals surface area (Å²) < 4.78 is 9.51. The van der Waals surface area contributed by atoms with Gasteiger partial charge in [0.25, 0.3) is 0 Å². The van der Waals surface area contributed by atoms with Crippen LogP contribution < -0.4 is 0 Å². The van der Waals surface area contributed by atoms with E-state index in [0.717, 1.165) is 0 Å². The summed E-state index contributed by atoms with van der Waals surface area (Å²) in [5.41, 5.74) is -1.11. The maximum atomic E-state index is 12.1. The summed E-state index contributed by atoms with van der Waals surface area (Å²) >= 11 is 0. The second-order valence-electron chi connectivity index (χ2n) is 4.23. The molecule has 104 valence electrons. The monoisotopic (exact) mass is 258 g/mol. The van der Waals surface area contributed by atoms with Gasteiger partial charge >= 0.3 is 5.97 Å². The van der Waals surface area contributed by atoms with E-state index in [1.54, 1.807) is 6.92 Å². The van der Waals surface area contributed by atoms with Gasteiger partial charge in [0, 0.05) is 26.6 Å². The van der Waals surface area contributed by atoms with Crippen LogP contribution in [-0.4, -0.2) is 38.4 Å². The standard InChI is InChI=1S/C13H22O5/c1-5-11(15)13(10(2)14,8-9-17-3)7-6-12(16)18-4/h5-9H2,1-4H3. The molecule has 0 aliphatic rings. The first-order valence-corrected chi connectivity index (χ1v) is 6.04. The first-order valence-electron chi connectivity index (χ1n) is 6.04. The van der Waals surface area contributed by atoms with Gasteiger partial charge in [-0.05, 0) is 19.8 Å². The third-order valence-electron chi connectivity index (χ3n) is 3.25. The molecular formula is C13H22O5. The molecule has 0 aromatic carbocycles. The summed E-state index contributed by atoms with van der Waals surface area (Å²) in [5.74, 6) is -0.770. The second-order valence-corrected chi connectivity index (χ2v) is 4.23. The van der Waals surface area contributed by atoms with Crippen LogP contribution in [0.4, 0.5) is 0 Å². The molecule has 0 amide bonds. The molecule has 0 aliphatic carbocycles. The Bertz CT molecular complexity index is 311. The number of esters is 1. The van der Waals surface area contributed by atoms with Crippen LogP contribution in [0.1, 0.15) is 39.5 Å². The van der Waals surface area contributed by atoms with E-state index in [4.69, 9.17) is 4.74 Å². The molecule has 1 atom stereocenters. The van der Waals surface area contributed by atoms with Gasteiger partial charge in [-0.3, -0.25) is 14.4 Å². The van der Waals surface area contributed by atoms with Crippen molar-refractivity contribution in [1.29, 1.82) is 0 Å². The molecule has 0 N–H and O–H groups in total. The fraction of sp³-hybridized carbons (Fsp3) is 0.769. The minimum Gasteiger partial charge on any atom is -0.469 e. The molecule has 0 aromatic rings. The molecule has 0 aliphatic heterocycles. The lowest BCUT2D eigenvalue weighted by molar-refractivity contribution is -0.145. The lowest BCUT2D eigenvalue weighted by Crippen LogP contribution is -2.39. The van der Waals surface area contributed by atoms with Crippen molar-refractivity contribution in [2.24, 2.45) is 5.41 Å². The van der Waals surface area contributed by atoms with Crippen molar-refractivity contribution < 1.29 is 23.9 Å². The van der Waals surface area contributed by atoms with Crippen molar-refractivity contribution in [3.63, 3.8) is 0 Å². The average Bonchev–Trinajstić information content (AvgIpc) is 2.37. The lowest BCUT2D eigenvalue weighted by atomic mass is 9.72. The Kier molecular flexibility index (Phi) is 7.43. The van der Waals surface area contributed by atoms with Gasteiger partial charge in [0.2, 0.25) is 0 Å². The van der Waals surface area contributed by atoms with Crippen molar-refractivity contribution in [1.82, 2.24) is 0 Å². The summed E-state index contributed by atoms with van der Waals surface area (Å²) in [4.78, 5) is 35.1. The summed E-state index contributed by atoms with van der Waals surface area (Å²) in [6.07, 6.45) is 0.823. The first-order chi connectivity index (χ1) is 8.44. The predicted molar refractivity (Wildman–Crippen MR) is 66.2 cm³/mol. The Morgan fingerprint density at radius 2 is 1.72 bits per heavy atom. The number of ketones is 2. The van der Waals surface area contributed by atoms with E-state index < -0.39 is 11.4 Å². The van der Waals surface area contributed by atoms with Gasteiger partial charge in [-0.2, -0.15) is 0 Å². The van der Waals surface area contributed by atoms with Gasteiger partial charge in [0.15, 0.2) is 0 Å². The van der Waals surface area contributed by atoms with Crippen LogP contribution in [0.25, 0.3) is 0 Å². The minimum atomic E-state index is -1.11. The van der Waals surface area contributed by atoms with Crippen molar-refractivity contribution in [2.45, 2.75) is 39.5 Å². The van der Waals surface area contributed by atoms with Gasteiger partial charge in [-0.15, -0.1) is 0 Å². The number of carbonyl (C=O) groups is 3. The highest BCUT2D eigenvalue weighted by atomic mass is 16.5. The third kappa shape index (κ3) is 4.22. The Morgan fingerprint density at radius 1 is 1.11 bits per heavy atom. The second kappa shape index (κ2) is 7.97. The SMILES string of the molecule is CCC(=O)C(CCOC)(CCC(=O)OC)C(C)=O. The Balaban J connectivity index is 5.00. The predicted octanol–water partition coefficient (Wildman–Crippen LogP) is 1.53. The molecule has 0 fully saturated rings. The zero-order chi connectivity index (χ0) is 14.2. The third-order valence-corrected chi connectivity index (χ3v) is 3.25. The number of Topliss-reactive ketones (excluding diaryl/α,β-unsaturated/α-hetero) is 2. The average molecular weight is 258 g/mol. The van der Waals surface area contributed by atoms with E-state index in [2.05, 4.69) is 4.74 Å². The summed E-state index contributed by atoms with van der Waals surface area (Å²) in [6, 6.07) is 0. The molecule has 0 spiro atoms. The zero-order valence-electron chi connectivity index (χ0n) is 11.6.